The van der Waals surface area contributed by atoms with E-state index in [0.29, 0.717) is 28.3 Å². The summed E-state index contributed by atoms with van der Waals surface area (Å²) in [6.07, 6.45) is 0. The van der Waals surface area contributed by atoms with Crippen molar-refractivity contribution < 1.29 is 14.3 Å². The molecular formula is C25H29N5O3S. The van der Waals surface area contributed by atoms with Crippen LogP contribution in [0.15, 0.2) is 65.0 Å². The van der Waals surface area contributed by atoms with Crippen molar-refractivity contribution in [3.05, 3.63) is 65.4 Å². The van der Waals surface area contributed by atoms with Crippen LogP contribution in [0.4, 0.5) is 11.6 Å². The van der Waals surface area contributed by atoms with E-state index < -0.39 is 6.04 Å². The van der Waals surface area contributed by atoms with Crippen LogP contribution in [0, 0.1) is 5.92 Å². The van der Waals surface area contributed by atoms with Crippen molar-refractivity contribution in [3.63, 3.8) is 0 Å². The van der Waals surface area contributed by atoms with Crippen LogP contribution in [0.3, 0.4) is 0 Å². The first-order valence-corrected chi connectivity index (χ1v) is 12.0. The fourth-order valence-corrected chi connectivity index (χ4v) is 4.47. The first-order chi connectivity index (χ1) is 16.4. The Kier molecular flexibility index (Phi) is 7.12. The monoisotopic (exact) mass is 479 g/mol. The lowest BCUT2D eigenvalue weighted by Crippen LogP contribution is -2.31. The molecule has 1 aromatic heterocycles. The number of nitrogens with one attached hydrogen (secondary N) is 2. The van der Waals surface area contributed by atoms with Crippen molar-refractivity contribution in [3.8, 4) is 11.5 Å². The number of amides is 1. The Labute approximate surface area is 203 Å². The summed E-state index contributed by atoms with van der Waals surface area (Å²) in [7, 11) is 3.24. The highest BCUT2D eigenvalue weighted by atomic mass is 32.2. The van der Waals surface area contributed by atoms with Gasteiger partial charge in [-0.15, -0.1) is 5.10 Å². The van der Waals surface area contributed by atoms with Crippen LogP contribution >= 0.6 is 11.8 Å². The second kappa shape index (κ2) is 10.2. The highest BCUT2D eigenvalue weighted by molar-refractivity contribution is 7.99. The molecule has 0 fully saturated rings. The van der Waals surface area contributed by atoms with E-state index in [1.165, 1.54) is 0 Å². The van der Waals surface area contributed by atoms with E-state index in [-0.39, 0.29) is 5.91 Å². The Bertz CT molecular complexity index is 1190. The summed E-state index contributed by atoms with van der Waals surface area (Å²) in [6.45, 7) is 6.21. The standard InChI is InChI=1S/C25H29N5O3S/c1-15(2)14-34-25-28-24-26-16(3)21(23(31)27-18-8-12-20(33-5)13-9-18)22(30(24)29-25)17-6-10-19(32-4)11-7-17/h6-13,15,22H,14H2,1-5H3,(H,27,31)(H,26,28,29). The zero-order valence-corrected chi connectivity index (χ0v) is 20.8. The van der Waals surface area contributed by atoms with E-state index >= 15 is 0 Å². The van der Waals surface area contributed by atoms with Gasteiger partial charge in [0.1, 0.15) is 17.5 Å². The molecule has 1 atom stereocenters. The number of aromatic nitrogens is 3. The van der Waals surface area contributed by atoms with Crippen molar-refractivity contribution in [2.24, 2.45) is 5.92 Å². The maximum atomic E-state index is 13.5. The van der Waals surface area contributed by atoms with Crippen LogP contribution in [0.5, 0.6) is 11.5 Å². The van der Waals surface area contributed by atoms with Gasteiger partial charge in [0.15, 0.2) is 0 Å². The van der Waals surface area contributed by atoms with Gasteiger partial charge < -0.3 is 20.1 Å². The number of fused-ring (bicyclic) bond motifs is 1. The number of hydrogen-bond donors (Lipinski definition) is 2. The SMILES string of the molecule is COc1ccc(NC(=O)C2=C(C)Nc3nc(SCC(C)C)nn3C2c2ccc(OC)cc2)cc1. The average Bonchev–Trinajstić information content (AvgIpc) is 3.24. The third-order valence-corrected chi connectivity index (χ3v) is 6.67. The van der Waals surface area contributed by atoms with Crippen LogP contribution in [-0.4, -0.2) is 40.6 Å². The third kappa shape index (κ3) is 5.04. The van der Waals surface area contributed by atoms with Crippen LogP contribution in [-0.2, 0) is 4.79 Å². The predicted octanol–water partition coefficient (Wildman–Crippen LogP) is 4.97. The highest BCUT2D eigenvalue weighted by Gasteiger charge is 2.34. The number of rotatable bonds is 8. The van der Waals surface area contributed by atoms with E-state index in [9.17, 15) is 4.79 Å². The largest absolute Gasteiger partial charge is 0.497 e. The van der Waals surface area contributed by atoms with E-state index in [1.807, 2.05) is 55.5 Å². The molecule has 1 aliphatic heterocycles. The van der Waals surface area contributed by atoms with E-state index in [1.54, 1.807) is 30.7 Å². The smallest absolute Gasteiger partial charge is 0.255 e. The van der Waals surface area contributed by atoms with Crippen molar-refractivity contribution in [1.29, 1.82) is 0 Å². The minimum absolute atomic E-state index is 0.214. The highest BCUT2D eigenvalue weighted by Crippen LogP contribution is 2.37. The number of ether oxygens (including phenoxy) is 2. The van der Waals surface area contributed by atoms with Gasteiger partial charge in [0.25, 0.3) is 5.91 Å². The number of carbonyl (C=O) groups is 1. The molecule has 9 heteroatoms. The molecule has 1 unspecified atom stereocenters. The molecule has 0 spiro atoms. The van der Waals surface area contributed by atoms with Crippen LogP contribution in [0.25, 0.3) is 0 Å². The normalized spacial score (nSPS) is 15.1. The second-order valence-corrected chi connectivity index (χ2v) is 9.38. The molecule has 1 amide bonds. The zero-order chi connectivity index (χ0) is 24.2. The van der Waals surface area contributed by atoms with Crippen LogP contribution in [0.2, 0.25) is 0 Å². The molecule has 0 saturated heterocycles. The molecule has 2 aromatic carbocycles. The van der Waals surface area contributed by atoms with Gasteiger partial charge in [0.05, 0.1) is 19.8 Å². The Morgan fingerprint density at radius 2 is 1.71 bits per heavy atom. The van der Waals surface area contributed by atoms with Crippen LogP contribution < -0.4 is 20.1 Å². The molecule has 2 N–H and O–H groups in total. The van der Waals surface area contributed by atoms with Gasteiger partial charge in [-0.2, -0.15) is 4.98 Å². The maximum absolute atomic E-state index is 13.5. The number of methoxy groups -OCH3 is 2. The average molecular weight is 480 g/mol. The molecule has 1 aliphatic rings. The molecular weight excluding hydrogens is 450 g/mol. The first-order valence-electron chi connectivity index (χ1n) is 11.1. The fraction of sp³-hybridized carbons (Fsp3) is 0.320. The zero-order valence-electron chi connectivity index (χ0n) is 20.0. The molecule has 34 heavy (non-hydrogen) atoms. The van der Waals surface area contributed by atoms with Crippen molar-refractivity contribution in [2.75, 3.05) is 30.6 Å². The minimum atomic E-state index is -0.443. The van der Waals surface area contributed by atoms with Gasteiger partial charge in [0, 0.05) is 17.1 Å². The Balaban J connectivity index is 1.71. The van der Waals surface area contributed by atoms with Gasteiger partial charge in [-0.3, -0.25) is 4.79 Å². The van der Waals surface area contributed by atoms with Gasteiger partial charge >= 0.3 is 0 Å². The van der Waals surface area contributed by atoms with Gasteiger partial charge in [0.2, 0.25) is 11.1 Å². The molecule has 0 bridgehead atoms. The Hall–Kier alpha value is -3.46. The Morgan fingerprint density at radius 3 is 2.29 bits per heavy atom. The van der Waals surface area contributed by atoms with Crippen LogP contribution in [0.1, 0.15) is 32.4 Å². The fourth-order valence-electron chi connectivity index (χ4n) is 3.70. The van der Waals surface area contributed by atoms with Crippen molar-refractivity contribution in [2.45, 2.75) is 32.0 Å². The topological polar surface area (TPSA) is 90.3 Å². The molecule has 3 aromatic rings. The van der Waals surface area contributed by atoms with Gasteiger partial charge in [-0.05, 0) is 54.8 Å². The summed E-state index contributed by atoms with van der Waals surface area (Å²) in [5.74, 6) is 3.30. The van der Waals surface area contributed by atoms with E-state index in [2.05, 4.69) is 29.5 Å². The summed E-state index contributed by atoms with van der Waals surface area (Å²) in [5.41, 5.74) is 2.89. The summed E-state index contributed by atoms with van der Waals surface area (Å²) < 4.78 is 12.3. The summed E-state index contributed by atoms with van der Waals surface area (Å²) in [6, 6.07) is 14.5. The number of nitrogens with zero attached hydrogens (tertiary/aromatic N) is 3. The summed E-state index contributed by atoms with van der Waals surface area (Å²) in [5, 5.41) is 11.7. The minimum Gasteiger partial charge on any atom is -0.497 e. The lowest BCUT2D eigenvalue weighted by molar-refractivity contribution is -0.113. The Morgan fingerprint density at radius 1 is 1.09 bits per heavy atom. The number of allylic oxidation sites excluding steroid dienone is 1. The first kappa shape index (κ1) is 23.7. The second-order valence-electron chi connectivity index (χ2n) is 8.39. The maximum Gasteiger partial charge on any atom is 0.255 e. The van der Waals surface area contributed by atoms with Crippen molar-refractivity contribution >= 4 is 29.3 Å². The van der Waals surface area contributed by atoms with Gasteiger partial charge in [-0.1, -0.05) is 37.7 Å². The number of thioether (sulfide) groups is 1. The molecule has 0 saturated carbocycles. The summed E-state index contributed by atoms with van der Waals surface area (Å²) in [4.78, 5) is 18.2. The molecule has 8 nitrogen and oxygen atoms in total. The lowest BCUT2D eigenvalue weighted by Gasteiger charge is -2.28. The number of anilines is 2. The molecule has 178 valence electrons. The third-order valence-electron chi connectivity index (χ3n) is 5.40. The van der Waals surface area contributed by atoms with E-state index in [4.69, 9.17) is 14.6 Å². The van der Waals surface area contributed by atoms with Crippen molar-refractivity contribution in [1.82, 2.24) is 14.8 Å². The molecule has 2 heterocycles. The predicted molar refractivity (Wildman–Crippen MR) is 135 cm³/mol. The summed E-state index contributed by atoms with van der Waals surface area (Å²) >= 11 is 1.61. The number of hydrogen-bond acceptors (Lipinski definition) is 7. The number of carbonyl (C=O) groups excluding carboxylic acids is 1. The number of benzene rings is 2. The molecule has 0 radical (unpaired) electrons. The molecule has 0 aliphatic carbocycles. The van der Waals surface area contributed by atoms with E-state index in [0.717, 1.165) is 28.5 Å². The quantitative estimate of drug-likeness (QED) is 0.441. The lowest BCUT2D eigenvalue weighted by atomic mass is 9.95. The molecule has 4 rings (SSSR count). The van der Waals surface area contributed by atoms with Gasteiger partial charge in [-0.25, -0.2) is 4.68 Å².